The number of nitrogens with zero attached hydrogens (tertiary/aromatic N) is 2. The Hall–Kier alpha value is -2.55. The molecule has 2 heterocycles. The van der Waals surface area contributed by atoms with Gasteiger partial charge in [-0.05, 0) is 24.1 Å². The number of carbonyl (C=O) groups is 1. The number of piperazine rings is 1. The number of aromatic amines is 1. The van der Waals surface area contributed by atoms with Crippen molar-refractivity contribution in [2.24, 2.45) is 0 Å². The summed E-state index contributed by atoms with van der Waals surface area (Å²) in [6, 6.07) is 11.3. The number of carbonyl (C=O) groups excluding carboxylic acids is 1. The summed E-state index contributed by atoms with van der Waals surface area (Å²) in [5.74, 6) is -0.749. The number of aryl methyl sites for hydroxylation is 1. The van der Waals surface area contributed by atoms with E-state index in [4.69, 9.17) is 0 Å². The fourth-order valence-corrected chi connectivity index (χ4v) is 5.44. The van der Waals surface area contributed by atoms with E-state index in [0.717, 1.165) is 23.4 Å². The molecule has 1 aliphatic heterocycles. The molecule has 0 amide bonds. The molecular weight excluding hydrogens is 405 g/mol. The van der Waals surface area contributed by atoms with Gasteiger partial charge in [-0.25, -0.2) is 12.8 Å². The molecule has 4 rings (SSSR count). The lowest BCUT2D eigenvalue weighted by atomic mass is 10.0. The third-order valence-electron chi connectivity index (χ3n) is 5.64. The first-order valence-electron chi connectivity index (χ1n) is 10.0. The molecule has 1 N–H and O–H groups in total. The highest BCUT2D eigenvalue weighted by Gasteiger charge is 2.31. The van der Waals surface area contributed by atoms with Gasteiger partial charge in [-0.15, -0.1) is 0 Å². The van der Waals surface area contributed by atoms with E-state index in [9.17, 15) is 17.6 Å². The molecule has 0 atom stereocenters. The second-order valence-electron chi connectivity index (χ2n) is 7.43. The summed E-state index contributed by atoms with van der Waals surface area (Å²) in [5, 5.41) is 0.917. The molecule has 1 aliphatic rings. The molecule has 1 aromatic heterocycles. The Bertz CT molecular complexity index is 1180. The van der Waals surface area contributed by atoms with Crippen LogP contribution in [0, 0.1) is 5.82 Å². The van der Waals surface area contributed by atoms with Crippen LogP contribution in [0.1, 0.15) is 22.8 Å². The lowest BCUT2D eigenvalue weighted by Crippen LogP contribution is -2.49. The minimum absolute atomic E-state index is 0.0000796. The van der Waals surface area contributed by atoms with Gasteiger partial charge in [0.25, 0.3) is 0 Å². The molecule has 0 bridgehead atoms. The molecule has 0 spiro atoms. The number of para-hydroxylation sites is 1. The summed E-state index contributed by atoms with van der Waals surface area (Å²) in [5.41, 5.74) is 2.81. The van der Waals surface area contributed by atoms with Crippen LogP contribution in [0.25, 0.3) is 10.9 Å². The van der Waals surface area contributed by atoms with Crippen LogP contribution in [0.3, 0.4) is 0 Å². The molecule has 0 radical (unpaired) electrons. The van der Waals surface area contributed by atoms with Gasteiger partial charge in [0.05, 0.1) is 6.54 Å². The molecule has 3 aromatic rings. The number of benzene rings is 2. The molecule has 1 saturated heterocycles. The molecule has 30 heavy (non-hydrogen) atoms. The van der Waals surface area contributed by atoms with Crippen molar-refractivity contribution >= 4 is 26.7 Å². The summed E-state index contributed by atoms with van der Waals surface area (Å²) in [4.78, 5) is 17.7. The van der Waals surface area contributed by atoms with E-state index in [0.29, 0.717) is 18.7 Å². The van der Waals surface area contributed by atoms with E-state index >= 15 is 0 Å². The highest BCUT2D eigenvalue weighted by molar-refractivity contribution is 7.89. The summed E-state index contributed by atoms with van der Waals surface area (Å²) in [6.45, 7) is 3.57. The van der Waals surface area contributed by atoms with Crippen molar-refractivity contribution in [1.82, 2.24) is 14.2 Å². The Balaban J connectivity index is 1.43. The maximum atomic E-state index is 14.0. The summed E-state index contributed by atoms with van der Waals surface area (Å²) >= 11 is 0. The largest absolute Gasteiger partial charge is 0.360 e. The van der Waals surface area contributed by atoms with E-state index in [1.165, 1.54) is 28.1 Å². The summed E-state index contributed by atoms with van der Waals surface area (Å²) < 4.78 is 40.7. The summed E-state index contributed by atoms with van der Waals surface area (Å²) in [7, 11) is -3.88. The molecular formula is C22H24FN3O3S. The van der Waals surface area contributed by atoms with Gasteiger partial charge in [-0.1, -0.05) is 37.3 Å². The fourth-order valence-electron chi connectivity index (χ4n) is 3.95. The number of fused-ring (bicyclic) bond motifs is 1. The van der Waals surface area contributed by atoms with Crippen LogP contribution < -0.4 is 0 Å². The number of sulfonamides is 1. The van der Waals surface area contributed by atoms with Crippen molar-refractivity contribution in [2.45, 2.75) is 18.2 Å². The molecule has 0 unspecified atom stereocenters. The lowest BCUT2D eigenvalue weighted by molar-refractivity contribution is 0.0903. The molecule has 6 nitrogen and oxygen atoms in total. The molecule has 0 saturated carbocycles. The van der Waals surface area contributed by atoms with Crippen molar-refractivity contribution in [3.8, 4) is 0 Å². The van der Waals surface area contributed by atoms with Crippen molar-refractivity contribution in [1.29, 1.82) is 0 Å². The first-order chi connectivity index (χ1) is 14.4. The van der Waals surface area contributed by atoms with Crippen LogP contribution in [-0.2, 0) is 16.4 Å². The third-order valence-corrected chi connectivity index (χ3v) is 7.57. The average Bonchev–Trinajstić information content (AvgIpc) is 3.19. The van der Waals surface area contributed by atoms with Crippen molar-refractivity contribution in [2.75, 3.05) is 32.7 Å². The van der Waals surface area contributed by atoms with E-state index in [2.05, 4.69) is 11.9 Å². The van der Waals surface area contributed by atoms with Gasteiger partial charge in [-0.2, -0.15) is 4.31 Å². The van der Waals surface area contributed by atoms with Gasteiger partial charge in [0.2, 0.25) is 10.0 Å². The number of nitrogens with one attached hydrogen (secondary N) is 1. The summed E-state index contributed by atoms with van der Waals surface area (Å²) in [6.07, 6.45) is 2.63. The van der Waals surface area contributed by atoms with Gasteiger partial charge >= 0.3 is 0 Å². The van der Waals surface area contributed by atoms with Crippen molar-refractivity contribution in [3.05, 3.63) is 65.6 Å². The number of hydrogen-bond acceptors (Lipinski definition) is 4. The standard InChI is InChI=1S/C22H24FN3O3S/c1-2-16-6-5-7-17-18(14-24-22(16)17)20(27)15-25-10-12-26(13-11-25)30(28,29)21-9-4-3-8-19(21)23/h3-9,14,24H,2,10-13,15H2,1H3. The Morgan fingerprint density at radius 2 is 1.80 bits per heavy atom. The van der Waals surface area contributed by atoms with Gasteiger partial charge in [-0.3, -0.25) is 9.69 Å². The van der Waals surface area contributed by atoms with Crippen LogP contribution >= 0.6 is 0 Å². The number of H-pyrrole nitrogens is 1. The minimum Gasteiger partial charge on any atom is -0.360 e. The monoisotopic (exact) mass is 429 g/mol. The SMILES string of the molecule is CCc1cccc2c(C(=O)CN3CCN(S(=O)(=O)c4ccccc4F)CC3)c[nH]c12. The zero-order valence-corrected chi connectivity index (χ0v) is 17.6. The van der Waals surface area contributed by atoms with E-state index in [-0.39, 0.29) is 30.3 Å². The van der Waals surface area contributed by atoms with Gasteiger partial charge in [0.15, 0.2) is 5.78 Å². The maximum Gasteiger partial charge on any atom is 0.246 e. The number of aromatic nitrogens is 1. The van der Waals surface area contributed by atoms with Crippen LogP contribution in [0.4, 0.5) is 4.39 Å². The average molecular weight is 430 g/mol. The van der Waals surface area contributed by atoms with E-state index in [1.807, 2.05) is 23.1 Å². The molecule has 158 valence electrons. The van der Waals surface area contributed by atoms with Crippen LogP contribution in [0.15, 0.2) is 53.6 Å². The molecule has 8 heteroatoms. The molecule has 2 aromatic carbocycles. The molecule has 0 aliphatic carbocycles. The van der Waals surface area contributed by atoms with E-state index < -0.39 is 15.8 Å². The number of halogens is 1. The minimum atomic E-state index is -3.88. The Morgan fingerprint density at radius 3 is 2.50 bits per heavy atom. The van der Waals surface area contributed by atoms with Gasteiger partial charge < -0.3 is 4.98 Å². The Morgan fingerprint density at radius 1 is 1.07 bits per heavy atom. The lowest BCUT2D eigenvalue weighted by Gasteiger charge is -2.33. The van der Waals surface area contributed by atoms with E-state index in [1.54, 1.807) is 6.20 Å². The number of Topliss-reactive ketones (excluding diaryl/α,β-unsaturated/α-hetero) is 1. The van der Waals surface area contributed by atoms with Crippen molar-refractivity contribution in [3.63, 3.8) is 0 Å². The van der Waals surface area contributed by atoms with Crippen molar-refractivity contribution < 1.29 is 17.6 Å². The second-order valence-corrected chi connectivity index (χ2v) is 9.34. The Labute approximate surface area is 175 Å². The number of rotatable bonds is 6. The zero-order chi connectivity index (χ0) is 21.3. The fraction of sp³-hybridized carbons (Fsp3) is 0.318. The van der Waals surface area contributed by atoms with Gasteiger partial charge in [0.1, 0.15) is 10.7 Å². The topological polar surface area (TPSA) is 73.5 Å². The highest BCUT2D eigenvalue weighted by atomic mass is 32.2. The maximum absolute atomic E-state index is 14.0. The van der Waals surface area contributed by atoms with Crippen LogP contribution in [-0.4, -0.2) is 61.1 Å². The third kappa shape index (κ3) is 3.78. The quantitative estimate of drug-likeness (QED) is 0.612. The zero-order valence-electron chi connectivity index (χ0n) is 16.8. The normalized spacial score (nSPS) is 16.2. The predicted octanol–water partition coefficient (Wildman–Crippen LogP) is 3.06. The molecule has 1 fully saturated rings. The first-order valence-corrected chi connectivity index (χ1v) is 11.4. The van der Waals surface area contributed by atoms with Crippen LogP contribution in [0.2, 0.25) is 0 Å². The highest BCUT2D eigenvalue weighted by Crippen LogP contribution is 2.24. The first kappa shape index (κ1) is 20.7. The number of ketones is 1. The Kier molecular flexibility index (Phi) is 5.73. The predicted molar refractivity (Wildman–Crippen MR) is 114 cm³/mol. The smallest absolute Gasteiger partial charge is 0.246 e. The second kappa shape index (κ2) is 8.29. The van der Waals surface area contributed by atoms with Gasteiger partial charge in [0, 0.05) is 48.8 Å². The van der Waals surface area contributed by atoms with Crippen LogP contribution in [0.5, 0.6) is 0 Å². The number of hydrogen-bond donors (Lipinski definition) is 1.